The molecule has 0 fully saturated rings. The molecule has 1 rings (SSSR count). The molecule has 0 spiro atoms. The van der Waals surface area contributed by atoms with Gasteiger partial charge in [-0.3, -0.25) is 0 Å². The third-order valence-corrected chi connectivity index (χ3v) is 2.72. The minimum absolute atomic E-state index is 0. The first kappa shape index (κ1) is 14.5. The zero-order valence-electron chi connectivity index (χ0n) is 8.87. The number of rotatable bonds is 4. The summed E-state index contributed by atoms with van der Waals surface area (Å²) in [6.07, 6.45) is 3.77. The van der Waals surface area contributed by atoms with Gasteiger partial charge in [0.05, 0.1) is 0 Å². The molecule has 0 saturated carbocycles. The lowest BCUT2D eigenvalue weighted by atomic mass is 10.0. The topological polar surface area (TPSA) is 26.0 Å². The maximum atomic E-state index is 6.01. The van der Waals surface area contributed by atoms with Gasteiger partial charge in [-0.2, -0.15) is 0 Å². The Morgan fingerprint density at radius 1 is 1.53 bits per heavy atom. The highest BCUT2D eigenvalue weighted by Crippen LogP contribution is 2.22. The van der Waals surface area contributed by atoms with E-state index in [1.165, 1.54) is 0 Å². The van der Waals surface area contributed by atoms with Gasteiger partial charge in [-0.05, 0) is 37.0 Å². The molecule has 1 aromatic carbocycles. The molecule has 1 nitrogen and oxygen atoms in total. The molecule has 1 atom stereocenters. The Morgan fingerprint density at radius 3 is 2.73 bits per heavy atom. The average molecular weight is 246 g/mol. The van der Waals surface area contributed by atoms with Gasteiger partial charge in [0, 0.05) is 11.1 Å². The van der Waals surface area contributed by atoms with Crippen LogP contribution in [-0.4, -0.2) is 0 Å². The van der Waals surface area contributed by atoms with Crippen LogP contribution < -0.4 is 5.73 Å². The zero-order valence-corrected chi connectivity index (χ0v) is 10.4. The zero-order chi connectivity index (χ0) is 10.6. The van der Waals surface area contributed by atoms with Crippen LogP contribution in [0.2, 0.25) is 5.02 Å². The quantitative estimate of drug-likeness (QED) is 0.797. The second kappa shape index (κ2) is 6.89. The first-order chi connectivity index (χ1) is 6.65. The highest BCUT2D eigenvalue weighted by molar-refractivity contribution is 6.31. The number of allylic oxidation sites excluding steroid dienone is 1. The van der Waals surface area contributed by atoms with Gasteiger partial charge in [-0.25, -0.2) is 0 Å². The number of halogens is 2. The van der Waals surface area contributed by atoms with Crippen LogP contribution in [0.5, 0.6) is 0 Å². The lowest BCUT2D eigenvalue weighted by molar-refractivity contribution is 0.661. The molecule has 0 aliphatic rings. The van der Waals surface area contributed by atoms with Crippen LogP contribution in [-0.2, 0) is 0 Å². The van der Waals surface area contributed by atoms with Crippen LogP contribution in [0.1, 0.15) is 30.0 Å². The normalized spacial score (nSPS) is 11.7. The standard InChI is InChI=1S/C12H16ClN.ClH/c1-3-4-5-12(14)10-6-7-11(13)9(2)8-10;/h3,6-8,12H,1,4-5,14H2,2H3;1H/t12-;/m1./s1. The van der Waals surface area contributed by atoms with E-state index in [-0.39, 0.29) is 18.4 Å². The van der Waals surface area contributed by atoms with Gasteiger partial charge in [0.2, 0.25) is 0 Å². The van der Waals surface area contributed by atoms with Crippen molar-refractivity contribution in [3.05, 3.63) is 47.0 Å². The summed E-state index contributed by atoms with van der Waals surface area (Å²) in [5, 5.41) is 0.796. The van der Waals surface area contributed by atoms with Crippen molar-refractivity contribution in [3.63, 3.8) is 0 Å². The lowest BCUT2D eigenvalue weighted by Crippen LogP contribution is -2.09. The van der Waals surface area contributed by atoms with E-state index in [4.69, 9.17) is 17.3 Å². The molecule has 0 radical (unpaired) electrons. The largest absolute Gasteiger partial charge is 0.324 e. The maximum Gasteiger partial charge on any atom is 0.0435 e. The highest BCUT2D eigenvalue weighted by atomic mass is 35.5. The van der Waals surface area contributed by atoms with E-state index in [0.717, 1.165) is 29.0 Å². The number of nitrogens with two attached hydrogens (primary N) is 1. The Labute approximate surface area is 103 Å². The molecule has 0 bridgehead atoms. The summed E-state index contributed by atoms with van der Waals surface area (Å²) in [6.45, 7) is 5.67. The Morgan fingerprint density at radius 2 is 2.20 bits per heavy atom. The molecule has 0 aliphatic heterocycles. The van der Waals surface area contributed by atoms with Crippen molar-refractivity contribution < 1.29 is 0 Å². The van der Waals surface area contributed by atoms with E-state index < -0.39 is 0 Å². The predicted octanol–water partition coefficient (Wildman–Crippen LogP) is 4.04. The molecule has 2 N–H and O–H groups in total. The molecular weight excluding hydrogens is 229 g/mol. The summed E-state index contributed by atoms with van der Waals surface area (Å²) in [6, 6.07) is 6.03. The third-order valence-electron chi connectivity index (χ3n) is 2.29. The molecule has 0 heterocycles. The second-order valence-electron chi connectivity index (χ2n) is 3.48. The molecule has 84 valence electrons. The molecule has 0 amide bonds. The fraction of sp³-hybridized carbons (Fsp3) is 0.333. The highest BCUT2D eigenvalue weighted by Gasteiger charge is 2.05. The van der Waals surface area contributed by atoms with E-state index in [2.05, 4.69) is 12.6 Å². The molecule has 15 heavy (non-hydrogen) atoms. The van der Waals surface area contributed by atoms with Gasteiger partial charge in [-0.1, -0.05) is 29.8 Å². The van der Waals surface area contributed by atoms with E-state index in [9.17, 15) is 0 Å². The summed E-state index contributed by atoms with van der Waals surface area (Å²) in [4.78, 5) is 0. The Balaban J connectivity index is 0.00000196. The Hall–Kier alpha value is -0.500. The van der Waals surface area contributed by atoms with Gasteiger partial charge in [0.1, 0.15) is 0 Å². The van der Waals surface area contributed by atoms with Crippen LogP contribution in [0.4, 0.5) is 0 Å². The summed E-state index contributed by atoms with van der Waals surface area (Å²) < 4.78 is 0. The molecular formula is C12H17Cl2N. The van der Waals surface area contributed by atoms with Crippen molar-refractivity contribution >= 4 is 24.0 Å². The van der Waals surface area contributed by atoms with Crippen molar-refractivity contribution in [1.82, 2.24) is 0 Å². The number of aryl methyl sites for hydroxylation is 1. The van der Waals surface area contributed by atoms with Crippen LogP contribution in [0.15, 0.2) is 30.9 Å². The van der Waals surface area contributed by atoms with Crippen LogP contribution in [0.3, 0.4) is 0 Å². The van der Waals surface area contributed by atoms with Crippen LogP contribution in [0, 0.1) is 6.92 Å². The smallest absolute Gasteiger partial charge is 0.0435 e. The van der Waals surface area contributed by atoms with Gasteiger partial charge < -0.3 is 5.73 Å². The van der Waals surface area contributed by atoms with Crippen LogP contribution >= 0.6 is 24.0 Å². The van der Waals surface area contributed by atoms with Crippen molar-refractivity contribution in [1.29, 1.82) is 0 Å². The number of hydrogen-bond acceptors (Lipinski definition) is 1. The minimum atomic E-state index is 0. The predicted molar refractivity (Wildman–Crippen MR) is 69.8 cm³/mol. The molecule has 0 aliphatic carbocycles. The van der Waals surface area contributed by atoms with Gasteiger partial charge in [-0.15, -0.1) is 19.0 Å². The SMILES string of the molecule is C=CCC[C@@H](N)c1ccc(Cl)c(C)c1.Cl. The lowest BCUT2D eigenvalue weighted by Gasteiger charge is -2.11. The summed E-state index contributed by atoms with van der Waals surface area (Å²) in [7, 11) is 0. The second-order valence-corrected chi connectivity index (χ2v) is 3.89. The van der Waals surface area contributed by atoms with Crippen molar-refractivity contribution in [3.8, 4) is 0 Å². The monoisotopic (exact) mass is 245 g/mol. The average Bonchev–Trinajstić information content (AvgIpc) is 2.18. The van der Waals surface area contributed by atoms with Crippen molar-refractivity contribution in [2.75, 3.05) is 0 Å². The van der Waals surface area contributed by atoms with E-state index in [0.29, 0.717) is 0 Å². The minimum Gasteiger partial charge on any atom is -0.324 e. The summed E-state index contributed by atoms with van der Waals surface area (Å²) in [5.41, 5.74) is 8.24. The first-order valence-corrected chi connectivity index (χ1v) is 5.15. The van der Waals surface area contributed by atoms with E-state index >= 15 is 0 Å². The van der Waals surface area contributed by atoms with E-state index in [1.54, 1.807) is 0 Å². The molecule has 0 saturated heterocycles. The summed E-state index contributed by atoms with van der Waals surface area (Å²) in [5.74, 6) is 0. The molecule has 1 aromatic rings. The molecule has 3 heteroatoms. The Bertz CT molecular complexity index is 323. The van der Waals surface area contributed by atoms with Gasteiger partial charge in [0.15, 0.2) is 0 Å². The van der Waals surface area contributed by atoms with E-state index in [1.807, 2.05) is 25.1 Å². The first-order valence-electron chi connectivity index (χ1n) is 4.77. The van der Waals surface area contributed by atoms with Crippen molar-refractivity contribution in [2.24, 2.45) is 5.73 Å². The van der Waals surface area contributed by atoms with Crippen LogP contribution in [0.25, 0.3) is 0 Å². The number of hydrogen-bond donors (Lipinski definition) is 1. The third kappa shape index (κ3) is 4.25. The van der Waals surface area contributed by atoms with Gasteiger partial charge in [0.25, 0.3) is 0 Å². The Kier molecular flexibility index (Phi) is 6.66. The van der Waals surface area contributed by atoms with Gasteiger partial charge >= 0.3 is 0 Å². The fourth-order valence-electron chi connectivity index (χ4n) is 1.36. The fourth-order valence-corrected chi connectivity index (χ4v) is 1.48. The maximum absolute atomic E-state index is 6.01. The van der Waals surface area contributed by atoms with Crippen molar-refractivity contribution in [2.45, 2.75) is 25.8 Å². The molecule has 0 unspecified atom stereocenters. The number of benzene rings is 1. The summed E-state index contributed by atoms with van der Waals surface area (Å²) >= 11 is 5.93. The molecule has 0 aromatic heterocycles.